The molecule has 0 spiro atoms. The highest BCUT2D eigenvalue weighted by Crippen LogP contribution is 2.27. The van der Waals surface area contributed by atoms with Crippen molar-refractivity contribution in [3.63, 3.8) is 0 Å². The normalized spacial score (nSPS) is 18.7. The van der Waals surface area contributed by atoms with E-state index in [4.69, 9.17) is 10.2 Å². The van der Waals surface area contributed by atoms with Gasteiger partial charge >= 0.3 is 0 Å². The quantitative estimate of drug-likeness (QED) is 0.505. The number of thioether (sulfide) groups is 1. The molecule has 31 heavy (non-hydrogen) atoms. The van der Waals surface area contributed by atoms with Gasteiger partial charge in [0.05, 0.1) is 29.6 Å². The van der Waals surface area contributed by atoms with E-state index in [0.717, 1.165) is 0 Å². The van der Waals surface area contributed by atoms with Gasteiger partial charge in [0.1, 0.15) is 11.6 Å². The van der Waals surface area contributed by atoms with Crippen LogP contribution in [0.15, 0.2) is 28.0 Å². The number of amides is 2. The molecular weight excluding hydrogens is 442 g/mol. The van der Waals surface area contributed by atoms with Crippen LogP contribution in [-0.4, -0.2) is 69.2 Å². The van der Waals surface area contributed by atoms with Gasteiger partial charge in [-0.15, -0.1) is 10.2 Å². The molecule has 2 atom stereocenters. The average molecular weight is 470 g/mol. The average Bonchev–Trinajstić information content (AvgIpc) is 3.43. The Balaban J connectivity index is 1.76. The second-order valence-electron chi connectivity index (χ2n) is 7.47. The van der Waals surface area contributed by atoms with Gasteiger partial charge in [-0.3, -0.25) is 14.2 Å². The zero-order valence-corrected chi connectivity index (χ0v) is 19.2. The van der Waals surface area contributed by atoms with Gasteiger partial charge in [0, 0.05) is 25.4 Å². The van der Waals surface area contributed by atoms with Crippen molar-refractivity contribution in [1.82, 2.24) is 19.7 Å². The summed E-state index contributed by atoms with van der Waals surface area (Å²) in [7, 11) is -3.09. The van der Waals surface area contributed by atoms with Crippen LogP contribution in [-0.2, 0) is 32.4 Å². The van der Waals surface area contributed by atoms with E-state index in [1.54, 1.807) is 24.2 Å². The lowest BCUT2D eigenvalue weighted by Gasteiger charge is -2.29. The summed E-state index contributed by atoms with van der Waals surface area (Å²) in [4.78, 5) is 25.9. The second-order valence-corrected chi connectivity index (χ2v) is 11.0. The Morgan fingerprint density at radius 1 is 1.42 bits per heavy atom. The van der Waals surface area contributed by atoms with Crippen LogP contribution in [0.4, 0.5) is 0 Å². The number of nitrogens with two attached hydrogens (primary N) is 1. The maximum absolute atomic E-state index is 13.1. The molecule has 2 amide bonds. The predicted octanol–water partition coefficient (Wildman–Crippen LogP) is 0.854. The summed E-state index contributed by atoms with van der Waals surface area (Å²) in [5.41, 5.74) is 5.27. The van der Waals surface area contributed by atoms with Gasteiger partial charge in [-0.25, -0.2) is 8.42 Å². The summed E-state index contributed by atoms with van der Waals surface area (Å²) in [6.45, 7) is 4.41. The Hall–Kier alpha value is -2.34. The van der Waals surface area contributed by atoms with Crippen LogP contribution in [0.5, 0.6) is 0 Å². The molecule has 12 heteroatoms. The number of aromatic nitrogens is 3. The van der Waals surface area contributed by atoms with Gasteiger partial charge < -0.3 is 15.1 Å². The summed E-state index contributed by atoms with van der Waals surface area (Å²) in [6, 6.07) is 3.30. The van der Waals surface area contributed by atoms with Crippen molar-refractivity contribution in [2.75, 3.05) is 18.1 Å². The molecule has 1 aliphatic rings. The van der Waals surface area contributed by atoms with E-state index in [0.29, 0.717) is 42.7 Å². The Bertz CT molecular complexity index is 1020. The van der Waals surface area contributed by atoms with E-state index in [-0.39, 0.29) is 29.9 Å². The van der Waals surface area contributed by atoms with Crippen LogP contribution in [0.2, 0.25) is 0 Å². The second kappa shape index (κ2) is 9.86. The topological polar surface area (TPSA) is 141 Å². The molecule has 10 nitrogen and oxygen atoms in total. The van der Waals surface area contributed by atoms with Crippen LogP contribution >= 0.6 is 11.8 Å². The van der Waals surface area contributed by atoms with Crippen molar-refractivity contribution in [3.8, 4) is 0 Å². The van der Waals surface area contributed by atoms with Crippen LogP contribution in [0.25, 0.3) is 0 Å². The molecule has 0 radical (unpaired) electrons. The molecule has 170 valence electrons. The monoisotopic (exact) mass is 469 g/mol. The van der Waals surface area contributed by atoms with Crippen LogP contribution in [0, 0.1) is 0 Å². The fourth-order valence-corrected chi connectivity index (χ4v) is 6.27. The number of hydrogen-bond acceptors (Lipinski definition) is 8. The molecule has 2 aromatic heterocycles. The number of rotatable bonds is 10. The molecule has 1 aliphatic heterocycles. The minimum atomic E-state index is -3.09. The van der Waals surface area contributed by atoms with E-state index >= 15 is 0 Å². The highest BCUT2D eigenvalue weighted by atomic mass is 32.2. The van der Waals surface area contributed by atoms with Gasteiger partial charge in [0.25, 0.3) is 0 Å². The lowest BCUT2D eigenvalue weighted by Crippen LogP contribution is -2.44. The largest absolute Gasteiger partial charge is 0.467 e. The fraction of sp³-hybridized carbons (Fsp3) is 0.579. The van der Waals surface area contributed by atoms with Gasteiger partial charge in [-0.2, -0.15) is 0 Å². The molecule has 3 heterocycles. The highest BCUT2D eigenvalue weighted by molar-refractivity contribution is 8.00. The van der Waals surface area contributed by atoms with E-state index < -0.39 is 21.0 Å². The molecule has 0 unspecified atom stereocenters. The summed E-state index contributed by atoms with van der Waals surface area (Å²) in [5.74, 6) is 0.815. The first-order valence-corrected chi connectivity index (χ1v) is 12.8. The van der Waals surface area contributed by atoms with Gasteiger partial charge in [-0.1, -0.05) is 11.8 Å². The Morgan fingerprint density at radius 3 is 2.77 bits per heavy atom. The van der Waals surface area contributed by atoms with Crippen molar-refractivity contribution in [3.05, 3.63) is 30.0 Å². The van der Waals surface area contributed by atoms with E-state index in [1.807, 2.05) is 17.6 Å². The lowest BCUT2D eigenvalue weighted by atomic mass is 10.2. The molecule has 1 fully saturated rings. The number of hydrogen-bond donors (Lipinski definition) is 1. The zero-order valence-electron chi connectivity index (χ0n) is 17.6. The SMILES string of the molecule is CCN(C(=O)[C@@H](C)Sc1nnc(CCC(N)=O)n1Cc1ccco1)[C@@H]1CCS(=O)(=O)C1. The van der Waals surface area contributed by atoms with Crippen LogP contribution in [0.3, 0.4) is 0 Å². The van der Waals surface area contributed by atoms with E-state index in [2.05, 4.69) is 10.2 Å². The summed E-state index contributed by atoms with van der Waals surface area (Å²) >= 11 is 1.25. The summed E-state index contributed by atoms with van der Waals surface area (Å²) in [6.07, 6.45) is 2.49. The zero-order chi connectivity index (χ0) is 22.6. The highest BCUT2D eigenvalue weighted by Gasteiger charge is 2.36. The molecule has 2 aromatic rings. The van der Waals surface area contributed by atoms with E-state index in [1.165, 1.54) is 11.8 Å². The first-order valence-electron chi connectivity index (χ1n) is 10.1. The molecule has 0 aromatic carbocycles. The molecule has 0 aliphatic carbocycles. The van der Waals surface area contributed by atoms with Crippen molar-refractivity contribution < 1.29 is 22.4 Å². The molecule has 2 N–H and O–H groups in total. The molecule has 0 bridgehead atoms. The third kappa shape index (κ3) is 5.88. The van der Waals surface area contributed by atoms with Crippen LogP contribution in [0.1, 0.15) is 38.3 Å². The van der Waals surface area contributed by atoms with Crippen molar-refractivity contribution in [2.45, 2.75) is 56.1 Å². The standard InChI is InChI=1S/C19H27N5O5S2/c1-3-23(14-8-10-31(27,28)12-14)18(26)13(2)30-19-22-21-17(7-6-16(20)25)24(19)11-15-5-4-9-29-15/h4-5,9,13-14H,3,6-8,10-12H2,1-2H3,(H2,20,25)/t13-,14-/m1/s1. The number of carbonyl (C=O) groups excluding carboxylic acids is 2. The number of sulfone groups is 1. The summed E-state index contributed by atoms with van der Waals surface area (Å²) in [5, 5.41) is 8.43. The third-order valence-corrected chi connectivity index (χ3v) is 8.00. The number of carbonyl (C=O) groups is 2. The first kappa shape index (κ1) is 23.3. The Labute approximate surface area is 185 Å². The van der Waals surface area contributed by atoms with Gasteiger partial charge in [-0.05, 0) is 32.4 Å². The Kier molecular flexibility index (Phi) is 7.42. The number of primary amides is 1. The number of nitrogens with zero attached hydrogens (tertiary/aromatic N) is 4. The maximum Gasteiger partial charge on any atom is 0.236 e. The predicted molar refractivity (Wildman–Crippen MR) is 115 cm³/mol. The summed E-state index contributed by atoms with van der Waals surface area (Å²) < 4.78 is 30.9. The van der Waals surface area contributed by atoms with Crippen molar-refractivity contribution >= 4 is 33.4 Å². The molecule has 1 saturated heterocycles. The molecule has 3 rings (SSSR count). The minimum absolute atomic E-state index is 0.00983. The Morgan fingerprint density at radius 2 is 2.19 bits per heavy atom. The lowest BCUT2D eigenvalue weighted by molar-refractivity contribution is -0.131. The number of aryl methyl sites for hydroxylation is 1. The smallest absolute Gasteiger partial charge is 0.236 e. The first-order chi connectivity index (χ1) is 14.7. The van der Waals surface area contributed by atoms with Crippen LogP contribution < -0.4 is 5.73 Å². The molecular formula is C19H27N5O5S2. The van der Waals surface area contributed by atoms with Crippen molar-refractivity contribution in [2.24, 2.45) is 5.73 Å². The molecule has 0 saturated carbocycles. The van der Waals surface area contributed by atoms with Gasteiger partial charge in [0.15, 0.2) is 15.0 Å². The van der Waals surface area contributed by atoms with Crippen molar-refractivity contribution in [1.29, 1.82) is 0 Å². The number of furan rings is 1. The minimum Gasteiger partial charge on any atom is -0.467 e. The van der Waals surface area contributed by atoms with Gasteiger partial charge in [0.2, 0.25) is 11.8 Å². The maximum atomic E-state index is 13.1. The van der Waals surface area contributed by atoms with E-state index in [9.17, 15) is 18.0 Å². The third-order valence-electron chi connectivity index (χ3n) is 5.19. The fourth-order valence-electron chi connectivity index (χ4n) is 3.60.